The van der Waals surface area contributed by atoms with Gasteiger partial charge in [0.1, 0.15) is 5.52 Å². The summed E-state index contributed by atoms with van der Waals surface area (Å²) in [6.45, 7) is 2.94. The lowest BCUT2D eigenvalue weighted by Crippen LogP contribution is -2.15. The third-order valence-electron chi connectivity index (χ3n) is 4.86. The number of nitrogens with one attached hydrogen (secondary N) is 1. The summed E-state index contributed by atoms with van der Waals surface area (Å²) in [6, 6.07) is 11.8. The van der Waals surface area contributed by atoms with Gasteiger partial charge in [0.2, 0.25) is 0 Å². The van der Waals surface area contributed by atoms with E-state index in [0.29, 0.717) is 5.56 Å². The second-order valence-corrected chi connectivity index (χ2v) is 6.62. The standard InChI is InChI=1S/C20H22N4O/c1-2-12-24-19-11-10-15(13-18(19)22-23-24)20(25)21-17-9-5-7-14-6-3-4-8-16(14)17/h5,7,9-11,13H,2-4,6,8,12H2,1H3,(H,21,25). The summed E-state index contributed by atoms with van der Waals surface area (Å²) in [6.07, 6.45) is 5.56. The average molecular weight is 334 g/mol. The fourth-order valence-electron chi connectivity index (χ4n) is 3.58. The fourth-order valence-corrected chi connectivity index (χ4v) is 3.58. The molecule has 5 nitrogen and oxygen atoms in total. The van der Waals surface area contributed by atoms with E-state index in [9.17, 15) is 4.79 Å². The SMILES string of the molecule is CCCn1nnc2cc(C(=O)Nc3cccc4c3CCCC4)ccc21. The van der Waals surface area contributed by atoms with Crippen molar-refractivity contribution in [1.29, 1.82) is 0 Å². The minimum Gasteiger partial charge on any atom is -0.322 e. The summed E-state index contributed by atoms with van der Waals surface area (Å²) in [5.41, 5.74) is 5.94. The Balaban J connectivity index is 1.60. The number of benzene rings is 2. The van der Waals surface area contributed by atoms with Crippen LogP contribution in [-0.4, -0.2) is 20.9 Å². The van der Waals surface area contributed by atoms with Crippen LogP contribution in [0.1, 0.15) is 47.7 Å². The fraction of sp³-hybridized carbons (Fsp3) is 0.350. The first kappa shape index (κ1) is 15.8. The van der Waals surface area contributed by atoms with E-state index in [-0.39, 0.29) is 5.91 Å². The number of amides is 1. The molecule has 0 atom stereocenters. The molecule has 1 heterocycles. The van der Waals surface area contributed by atoms with E-state index in [2.05, 4.69) is 28.6 Å². The molecule has 25 heavy (non-hydrogen) atoms. The Labute approximate surface area is 147 Å². The molecule has 4 rings (SSSR count). The Morgan fingerprint density at radius 3 is 2.96 bits per heavy atom. The maximum Gasteiger partial charge on any atom is 0.255 e. The normalized spacial score (nSPS) is 13.6. The monoisotopic (exact) mass is 334 g/mol. The molecule has 0 unspecified atom stereocenters. The molecule has 128 valence electrons. The number of anilines is 1. The number of fused-ring (bicyclic) bond motifs is 2. The van der Waals surface area contributed by atoms with Crippen molar-refractivity contribution in [2.75, 3.05) is 5.32 Å². The zero-order valence-electron chi connectivity index (χ0n) is 14.5. The van der Waals surface area contributed by atoms with Gasteiger partial charge in [0.15, 0.2) is 0 Å². The van der Waals surface area contributed by atoms with Crippen LogP contribution >= 0.6 is 0 Å². The van der Waals surface area contributed by atoms with Crippen molar-refractivity contribution < 1.29 is 4.79 Å². The van der Waals surface area contributed by atoms with Crippen LogP contribution in [0.4, 0.5) is 5.69 Å². The maximum atomic E-state index is 12.7. The quantitative estimate of drug-likeness (QED) is 0.785. The van der Waals surface area contributed by atoms with Crippen molar-refractivity contribution in [3.63, 3.8) is 0 Å². The van der Waals surface area contributed by atoms with Crippen LogP contribution in [0.3, 0.4) is 0 Å². The van der Waals surface area contributed by atoms with Crippen LogP contribution in [0.25, 0.3) is 11.0 Å². The Kier molecular flexibility index (Phi) is 4.22. The number of hydrogen-bond donors (Lipinski definition) is 1. The molecule has 1 aliphatic carbocycles. The van der Waals surface area contributed by atoms with E-state index in [1.165, 1.54) is 24.0 Å². The highest BCUT2D eigenvalue weighted by molar-refractivity contribution is 6.06. The first-order valence-corrected chi connectivity index (χ1v) is 9.01. The second-order valence-electron chi connectivity index (χ2n) is 6.62. The van der Waals surface area contributed by atoms with Crippen molar-refractivity contribution in [3.8, 4) is 0 Å². The number of carbonyl (C=O) groups excluding carboxylic acids is 1. The molecule has 0 radical (unpaired) electrons. The van der Waals surface area contributed by atoms with Gasteiger partial charge in [-0.3, -0.25) is 4.79 Å². The molecule has 1 aliphatic rings. The summed E-state index contributed by atoms with van der Waals surface area (Å²) in [5.74, 6) is -0.0917. The lowest BCUT2D eigenvalue weighted by molar-refractivity contribution is 0.102. The highest BCUT2D eigenvalue weighted by Crippen LogP contribution is 2.28. The average Bonchev–Trinajstić information content (AvgIpc) is 3.04. The van der Waals surface area contributed by atoms with Crippen molar-refractivity contribution in [1.82, 2.24) is 15.0 Å². The first-order valence-electron chi connectivity index (χ1n) is 9.01. The molecule has 2 aromatic carbocycles. The molecule has 1 N–H and O–H groups in total. The molecule has 0 fully saturated rings. The summed E-state index contributed by atoms with van der Waals surface area (Å²) >= 11 is 0. The maximum absolute atomic E-state index is 12.7. The Morgan fingerprint density at radius 1 is 1.20 bits per heavy atom. The molecule has 0 saturated carbocycles. The summed E-state index contributed by atoms with van der Waals surface area (Å²) in [7, 11) is 0. The minimum atomic E-state index is -0.0917. The number of hydrogen-bond acceptors (Lipinski definition) is 3. The number of carbonyl (C=O) groups is 1. The largest absolute Gasteiger partial charge is 0.322 e. The molecule has 3 aromatic rings. The van der Waals surface area contributed by atoms with Crippen LogP contribution in [-0.2, 0) is 19.4 Å². The third kappa shape index (κ3) is 3.02. The van der Waals surface area contributed by atoms with Gasteiger partial charge in [0.25, 0.3) is 5.91 Å². The Hall–Kier alpha value is -2.69. The van der Waals surface area contributed by atoms with Crippen molar-refractivity contribution in [2.24, 2.45) is 0 Å². The number of aryl methyl sites for hydroxylation is 2. The molecular weight excluding hydrogens is 312 g/mol. The van der Waals surface area contributed by atoms with Gasteiger partial charge < -0.3 is 5.32 Å². The van der Waals surface area contributed by atoms with Gasteiger partial charge in [-0.2, -0.15) is 0 Å². The van der Waals surface area contributed by atoms with Crippen LogP contribution in [0.5, 0.6) is 0 Å². The van der Waals surface area contributed by atoms with Gasteiger partial charge in [-0.25, -0.2) is 4.68 Å². The van der Waals surface area contributed by atoms with E-state index >= 15 is 0 Å². The van der Waals surface area contributed by atoms with Gasteiger partial charge in [-0.05, 0) is 67.5 Å². The lowest BCUT2D eigenvalue weighted by atomic mass is 9.90. The highest BCUT2D eigenvalue weighted by Gasteiger charge is 2.16. The minimum absolute atomic E-state index is 0.0917. The Bertz CT molecular complexity index is 929. The van der Waals surface area contributed by atoms with E-state index in [4.69, 9.17) is 0 Å². The number of aromatic nitrogens is 3. The van der Waals surface area contributed by atoms with Gasteiger partial charge in [-0.15, -0.1) is 5.10 Å². The summed E-state index contributed by atoms with van der Waals surface area (Å²) in [4.78, 5) is 12.7. The first-order chi connectivity index (χ1) is 12.3. The van der Waals surface area contributed by atoms with Crippen molar-refractivity contribution >= 4 is 22.6 Å². The van der Waals surface area contributed by atoms with Crippen LogP contribution < -0.4 is 5.32 Å². The molecule has 5 heteroatoms. The van der Waals surface area contributed by atoms with Crippen molar-refractivity contribution in [3.05, 3.63) is 53.1 Å². The molecular formula is C20H22N4O. The van der Waals surface area contributed by atoms with Crippen LogP contribution in [0, 0.1) is 0 Å². The van der Waals surface area contributed by atoms with E-state index < -0.39 is 0 Å². The third-order valence-corrected chi connectivity index (χ3v) is 4.86. The van der Waals surface area contributed by atoms with E-state index in [0.717, 1.165) is 42.5 Å². The van der Waals surface area contributed by atoms with Gasteiger partial charge in [0, 0.05) is 17.8 Å². The van der Waals surface area contributed by atoms with E-state index in [1.807, 2.05) is 35.0 Å². The van der Waals surface area contributed by atoms with Gasteiger partial charge >= 0.3 is 0 Å². The predicted octanol–water partition coefficient (Wildman–Crippen LogP) is 3.97. The van der Waals surface area contributed by atoms with Gasteiger partial charge in [-0.1, -0.05) is 24.3 Å². The highest BCUT2D eigenvalue weighted by atomic mass is 16.1. The molecule has 0 aliphatic heterocycles. The second kappa shape index (κ2) is 6.67. The topological polar surface area (TPSA) is 59.8 Å². The summed E-state index contributed by atoms with van der Waals surface area (Å²) < 4.78 is 1.88. The Morgan fingerprint density at radius 2 is 2.08 bits per heavy atom. The zero-order chi connectivity index (χ0) is 17.2. The zero-order valence-corrected chi connectivity index (χ0v) is 14.5. The number of nitrogens with zero attached hydrogens (tertiary/aromatic N) is 3. The summed E-state index contributed by atoms with van der Waals surface area (Å²) in [5, 5.41) is 11.4. The van der Waals surface area contributed by atoms with Crippen LogP contribution in [0.15, 0.2) is 36.4 Å². The van der Waals surface area contributed by atoms with E-state index in [1.54, 1.807) is 0 Å². The molecule has 0 spiro atoms. The van der Waals surface area contributed by atoms with Crippen molar-refractivity contribution in [2.45, 2.75) is 45.6 Å². The molecule has 1 aromatic heterocycles. The predicted molar refractivity (Wildman–Crippen MR) is 98.9 cm³/mol. The lowest BCUT2D eigenvalue weighted by Gasteiger charge is -2.19. The molecule has 0 bridgehead atoms. The molecule has 1 amide bonds. The van der Waals surface area contributed by atoms with Crippen LogP contribution in [0.2, 0.25) is 0 Å². The molecule has 0 saturated heterocycles. The smallest absolute Gasteiger partial charge is 0.255 e. The number of rotatable bonds is 4. The van der Waals surface area contributed by atoms with Gasteiger partial charge in [0.05, 0.1) is 5.52 Å².